The first-order valence-corrected chi connectivity index (χ1v) is 20.0. The van der Waals surface area contributed by atoms with Gasteiger partial charge < -0.3 is 29.5 Å². The number of nitrogens with zero attached hydrogens (tertiary/aromatic N) is 5. The highest BCUT2D eigenvalue weighted by molar-refractivity contribution is 5.93. The van der Waals surface area contributed by atoms with Crippen LogP contribution in [0.3, 0.4) is 0 Å². The minimum atomic E-state index is -0.706. The second-order valence-electron chi connectivity index (χ2n) is 17.2. The standard InChI is InChI=1S/C44H50N6O5/c1-25(2)41(42(53)32-16-30(51)17-33(32)43(54)45-26(3)27-10-5-4-6-11-27)39-20-40(48-55-39)49-23-44(24-49)21-28(22-44)36-19-35-37(50(36)29-12-9-13-29)18-34(46-47-35)31-14-7-8-15-38(31)52/h4-8,10-11,14-15,18-20,25-26,28-30,32-33,41,51-52H,9,12-13,16-17,21-24H2,1-3H3,(H,45,54)/t26-,30-,32?,33+,41?/m0/s1. The molecule has 3 N–H and O–H groups in total. The van der Waals surface area contributed by atoms with Crippen LogP contribution in [0.5, 0.6) is 5.75 Å². The number of anilines is 1. The lowest BCUT2D eigenvalue weighted by atomic mass is 9.57. The lowest BCUT2D eigenvalue weighted by Crippen LogP contribution is -2.62. The van der Waals surface area contributed by atoms with E-state index in [2.05, 4.69) is 42.3 Å². The smallest absolute Gasteiger partial charge is 0.224 e. The van der Waals surface area contributed by atoms with Crippen molar-refractivity contribution < 1.29 is 24.3 Å². The molecule has 1 saturated heterocycles. The first-order valence-electron chi connectivity index (χ1n) is 20.0. The predicted molar refractivity (Wildman–Crippen MR) is 208 cm³/mol. The molecule has 4 fully saturated rings. The number of carbonyl (C=O) groups excluding carboxylic acids is 2. The Morgan fingerprint density at radius 3 is 2.36 bits per heavy atom. The zero-order valence-electron chi connectivity index (χ0n) is 31.8. The predicted octanol–water partition coefficient (Wildman–Crippen LogP) is 7.47. The van der Waals surface area contributed by atoms with Gasteiger partial charge in [0.25, 0.3) is 0 Å². The number of Topliss-reactive ketones (excluding diaryl/α,β-unsaturated/α-hetero) is 1. The van der Waals surface area contributed by atoms with Crippen LogP contribution in [0.15, 0.2) is 77.3 Å². The van der Waals surface area contributed by atoms with Gasteiger partial charge in [-0.15, -0.1) is 10.2 Å². The van der Waals surface area contributed by atoms with E-state index >= 15 is 0 Å². The monoisotopic (exact) mass is 742 g/mol. The Balaban J connectivity index is 0.869. The fourth-order valence-corrected chi connectivity index (χ4v) is 9.97. The Bertz CT molecular complexity index is 2210. The largest absolute Gasteiger partial charge is 0.507 e. The van der Waals surface area contributed by atoms with Crippen molar-refractivity contribution >= 4 is 28.5 Å². The molecule has 286 valence electrons. The van der Waals surface area contributed by atoms with E-state index in [0.29, 0.717) is 29.0 Å². The van der Waals surface area contributed by atoms with E-state index < -0.39 is 23.9 Å². The topological polar surface area (TPSA) is 147 Å². The molecule has 9 rings (SSSR count). The van der Waals surface area contributed by atoms with Crippen LogP contribution < -0.4 is 10.2 Å². The van der Waals surface area contributed by atoms with Gasteiger partial charge in [-0.3, -0.25) is 9.59 Å². The lowest BCUT2D eigenvalue weighted by Gasteiger charge is -2.59. The number of aromatic nitrogens is 4. The molecular weight excluding hydrogens is 693 g/mol. The molecule has 11 heteroatoms. The highest BCUT2D eigenvalue weighted by Gasteiger charge is 2.54. The van der Waals surface area contributed by atoms with Gasteiger partial charge in [0.1, 0.15) is 22.8 Å². The van der Waals surface area contributed by atoms with Gasteiger partial charge in [-0.2, -0.15) is 0 Å². The van der Waals surface area contributed by atoms with Crippen LogP contribution in [0.2, 0.25) is 0 Å². The number of aliphatic hydroxyl groups excluding tert-OH is 1. The summed E-state index contributed by atoms with van der Waals surface area (Å²) in [6.45, 7) is 7.69. The molecule has 4 heterocycles. The average Bonchev–Trinajstić information content (AvgIpc) is 3.84. The number of phenols is 1. The maximum atomic E-state index is 14.3. The molecule has 55 heavy (non-hydrogen) atoms. The first-order chi connectivity index (χ1) is 26.6. The quantitative estimate of drug-likeness (QED) is 0.125. The Morgan fingerprint density at radius 1 is 0.927 bits per heavy atom. The Morgan fingerprint density at radius 2 is 1.65 bits per heavy atom. The van der Waals surface area contributed by atoms with Crippen molar-refractivity contribution in [2.24, 2.45) is 23.2 Å². The summed E-state index contributed by atoms with van der Waals surface area (Å²) in [7, 11) is 0. The SMILES string of the molecule is CC(C)C(C(=O)C1C[C@H](O)C[C@H]1C(=O)N[C@@H](C)c1ccccc1)c1cc(N2CC3(CC(c4cc5nnc(-c6ccccc6O)cc5n4C4CCC4)C3)C2)no1. The maximum absolute atomic E-state index is 14.3. The van der Waals surface area contributed by atoms with E-state index in [1.54, 1.807) is 6.07 Å². The number of nitrogens with one attached hydrogen (secondary N) is 1. The number of aromatic hydroxyl groups is 1. The third kappa shape index (κ3) is 6.40. The van der Waals surface area contributed by atoms with E-state index in [-0.39, 0.29) is 47.7 Å². The van der Waals surface area contributed by atoms with E-state index in [0.717, 1.165) is 61.2 Å². The van der Waals surface area contributed by atoms with Crippen LogP contribution in [-0.2, 0) is 9.59 Å². The highest BCUT2D eigenvalue weighted by atomic mass is 16.5. The van der Waals surface area contributed by atoms with Gasteiger partial charge in [-0.1, -0.05) is 61.5 Å². The van der Waals surface area contributed by atoms with E-state index in [4.69, 9.17) is 4.52 Å². The summed E-state index contributed by atoms with van der Waals surface area (Å²) < 4.78 is 8.43. The fraction of sp³-hybridized carbons (Fsp3) is 0.477. The van der Waals surface area contributed by atoms with Gasteiger partial charge in [0.2, 0.25) is 5.91 Å². The number of hydrogen-bond acceptors (Lipinski definition) is 9. The molecule has 3 aromatic heterocycles. The van der Waals surface area contributed by atoms with E-state index in [9.17, 15) is 19.8 Å². The molecule has 11 nitrogen and oxygen atoms in total. The number of para-hydroxylation sites is 1. The third-order valence-corrected chi connectivity index (χ3v) is 13.1. The molecule has 0 bridgehead atoms. The molecule has 4 aliphatic rings. The fourth-order valence-electron chi connectivity index (χ4n) is 9.97. The van der Waals surface area contributed by atoms with Gasteiger partial charge >= 0.3 is 0 Å². The zero-order chi connectivity index (χ0) is 38.0. The molecule has 1 aliphatic heterocycles. The third-order valence-electron chi connectivity index (χ3n) is 13.1. The zero-order valence-corrected chi connectivity index (χ0v) is 31.8. The number of carbonyl (C=O) groups is 2. The molecule has 3 aliphatic carbocycles. The molecule has 2 unspecified atom stereocenters. The second kappa shape index (κ2) is 13.9. The van der Waals surface area contributed by atoms with Crippen LogP contribution in [-0.4, -0.2) is 61.0 Å². The van der Waals surface area contributed by atoms with Crippen molar-refractivity contribution in [3.63, 3.8) is 0 Å². The number of benzene rings is 2. The number of aliphatic hydroxyl groups is 1. The number of hydrogen-bond donors (Lipinski definition) is 3. The van der Waals surface area contributed by atoms with Crippen molar-refractivity contribution in [3.8, 4) is 17.0 Å². The Kier molecular flexibility index (Phi) is 9.03. The van der Waals surface area contributed by atoms with Crippen molar-refractivity contribution in [2.75, 3.05) is 18.0 Å². The maximum Gasteiger partial charge on any atom is 0.224 e. The lowest BCUT2D eigenvalue weighted by molar-refractivity contribution is -0.134. The van der Waals surface area contributed by atoms with Crippen LogP contribution in [0.25, 0.3) is 22.3 Å². The Labute approximate surface area is 321 Å². The van der Waals surface area contributed by atoms with Gasteiger partial charge in [-0.05, 0) is 87.6 Å². The summed E-state index contributed by atoms with van der Waals surface area (Å²) in [5.41, 5.74) is 5.91. The van der Waals surface area contributed by atoms with E-state index in [1.807, 2.05) is 75.4 Å². The van der Waals surface area contributed by atoms with E-state index in [1.165, 1.54) is 12.1 Å². The number of amides is 1. The molecule has 2 aromatic carbocycles. The average molecular weight is 743 g/mol. The molecule has 5 aromatic rings. The number of fused-ring (bicyclic) bond motifs is 1. The summed E-state index contributed by atoms with van der Waals surface area (Å²) in [5.74, 6) is -0.202. The molecule has 0 radical (unpaired) electrons. The van der Waals surface area contributed by atoms with Crippen LogP contribution in [0.1, 0.15) is 107 Å². The van der Waals surface area contributed by atoms with Crippen molar-refractivity contribution in [3.05, 3.63) is 89.8 Å². The minimum absolute atomic E-state index is 0.0667. The van der Waals surface area contributed by atoms with Gasteiger partial charge in [0, 0.05) is 53.7 Å². The van der Waals surface area contributed by atoms with Crippen molar-refractivity contribution in [2.45, 2.75) is 95.7 Å². The molecule has 3 saturated carbocycles. The van der Waals surface area contributed by atoms with Crippen LogP contribution >= 0.6 is 0 Å². The van der Waals surface area contributed by atoms with Crippen molar-refractivity contribution in [1.82, 2.24) is 25.2 Å². The molecule has 5 atom stereocenters. The first kappa shape index (κ1) is 35.7. The van der Waals surface area contributed by atoms with Crippen LogP contribution in [0, 0.1) is 23.2 Å². The summed E-state index contributed by atoms with van der Waals surface area (Å²) in [6.07, 6.45) is 5.54. The van der Waals surface area contributed by atoms with Gasteiger partial charge in [0.15, 0.2) is 5.82 Å². The Hall–Kier alpha value is -5.03. The molecule has 1 spiro atoms. The summed E-state index contributed by atoms with van der Waals surface area (Å²) >= 11 is 0. The second-order valence-corrected chi connectivity index (χ2v) is 17.2. The van der Waals surface area contributed by atoms with Gasteiger partial charge in [0.05, 0.1) is 35.2 Å². The minimum Gasteiger partial charge on any atom is -0.507 e. The van der Waals surface area contributed by atoms with Crippen molar-refractivity contribution in [1.29, 1.82) is 0 Å². The number of rotatable bonds is 11. The molecular formula is C44H50N6O5. The summed E-state index contributed by atoms with van der Waals surface area (Å²) in [5, 5.41) is 37.8. The normalized spacial score (nSPS) is 23.4. The summed E-state index contributed by atoms with van der Waals surface area (Å²) in [4.78, 5) is 30.0. The summed E-state index contributed by atoms with van der Waals surface area (Å²) in [6, 6.07) is 23.5. The highest BCUT2D eigenvalue weighted by Crippen LogP contribution is 2.58. The number of phenolic OH excluding ortho intramolecular Hbond substituents is 1. The van der Waals surface area contributed by atoms with Crippen LogP contribution in [0.4, 0.5) is 5.82 Å². The number of ketones is 1. The molecule has 1 amide bonds. The van der Waals surface area contributed by atoms with Gasteiger partial charge in [-0.25, -0.2) is 0 Å².